The van der Waals surface area contributed by atoms with E-state index >= 15 is 0 Å². The van der Waals surface area contributed by atoms with Crippen LogP contribution in [0.2, 0.25) is 0 Å². The number of hydrogen-bond donors (Lipinski definition) is 2. The van der Waals surface area contributed by atoms with Crippen LogP contribution in [-0.2, 0) is 6.61 Å². The van der Waals surface area contributed by atoms with Gasteiger partial charge in [0.1, 0.15) is 5.82 Å². The molecule has 0 aromatic carbocycles. The molecule has 0 saturated carbocycles. The first-order chi connectivity index (χ1) is 8.35. The van der Waals surface area contributed by atoms with Crippen molar-refractivity contribution < 1.29 is 10.2 Å². The molecule has 0 bridgehead atoms. The lowest BCUT2D eigenvalue weighted by Crippen LogP contribution is -2.30. The normalized spacial score (nSPS) is 19.9. The van der Waals surface area contributed by atoms with Crippen LogP contribution < -0.4 is 4.90 Å². The third kappa shape index (κ3) is 2.92. The fraction of sp³-hybridized carbons (Fsp3) is 0.667. The number of aromatic nitrogens is 2. The number of aliphatic hydroxyl groups is 2. The standard InChI is InChI=1S/C12H19N3O2/c16-6-2-4-11-3-1-5-15(11)12-8-13-7-10(9-17)14-12/h7-8,11,16-17H,1-6,9H2. The summed E-state index contributed by atoms with van der Waals surface area (Å²) in [4.78, 5) is 10.7. The van der Waals surface area contributed by atoms with Gasteiger partial charge in [-0.2, -0.15) is 0 Å². The van der Waals surface area contributed by atoms with Gasteiger partial charge in [-0.1, -0.05) is 0 Å². The SMILES string of the molecule is OCCCC1CCCN1c1cncc(CO)n1. The van der Waals surface area contributed by atoms with E-state index < -0.39 is 0 Å². The van der Waals surface area contributed by atoms with Crippen molar-refractivity contribution in [2.45, 2.75) is 38.3 Å². The fourth-order valence-electron chi connectivity index (χ4n) is 2.37. The highest BCUT2D eigenvalue weighted by Gasteiger charge is 2.25. The highest BCUT2D eigenvalue weighted by atomic mass is 16.3. The monoisotopic (exact) mass is 237 g/mol. The largest absolute Gasteiger partial charge is 0.396 e. The second-order valence-electron chi connectivity index (χ2n) is 4.38. The van der Waals surface area contributed by atoms with Crippen molar-refractivity contribution in [3.8, 4) is 0 Å². The van der Waals surface area contributed by atoms with Gasteiger partial charge in [-0.15, -0.1) is 0 Å². The lowest BCUT2D eigenvalue weighted by molar-refractivity contribution is 0.276. The van der Waals surface area contributed by atoms with Gasteiger partial charge in [-0.3, -0.25) is 4.98 Å². The van der Waals surface area contributed by atoms with Crippen molar-refractivity contribution in [1.82, 2.24) is 9.97 Å². The minimum atomic E-state index is -0.0734. The summed E-state index contributed by atoms with van der Waals surface area (Å²) in [6.45, 7) is 1.16. The molecule has 5 heteroatoms. The van der Waals surface area contributed by atoms with Gasteiger partial charge < -0.3 is 15.1 Å². The van der Waals surface area contributed by atoms with Crippen LogP contribution in [0.15, 0.2) is 12.4 Å². The minimum absolute atomic E-state index is 0.0734. The van der Waals surface area contributed by atoms with E-state index in [-0.39, 0.29) is 13.2 Å². The van der Waals surface area contributed by atoms with Gasteiger partial charge in [-0.25, -0.2) is 4.98 Å². The molecule has 1 aromatic heterocycles. The number of aliphatic hydroxyl groups excluding tert-OH is 2. The first-order valence-corrected chi connectivity index (χ1v) is 6.14. The van der Waals surface area contributed by atoms with E-state index in [0.29, 0.717) is 11.7 Å². The van der Waals surface area contributed by atoms with Crippen LogP contribution in [-0.4, -0.2) is 39.4 Å². The van der Waals surface area contributed by atoms with Crippen LogP contribution in [0.4, 0.5) is 5.82 Å². The summed E-state index contributed by atoms with van der Waals surface area (Å²) in [6, 6.07) is 0.449. The van der Waals surface area contributed by atoms with Crippen molar-refractivity contribution in [1.29, 1.82) is 0 Å². The lowest BCUT2D eigenvalue weighted by Gasteiger charge is -2.25. The van der Waals surface area contributed by atoms with E-state index in [1.165, 1.54) is 0 Å². The van der Waals surface area contributed by atoms with Gasteiger partial charge in [0.2, 0.25) is 0 Å². The fourth-order valence-corrected chi connectivity index (χ4v) is 2.37. The van der Waals surface area contributed by atoms with Crippen LogP contribution >= 0.6 is 0 Å². The molecular formula is C12H19N3O2. The van der Waals surface area contributed by atoms with Crippen LogP contribution in [0, 0.1) is 0 Å². The molecule has 1 aromatic rings. The molecule has 0 spiro atoms. The first kappa shape index (κ1) is 12.3. The summed E-state index contributed by atoms with van der Waals surface area (Å²) in [5.41, 5.74) is 0.607. The third-order valence-corrected chi connectivity index (χ3v) is 3.20. The Morgan fingerprint density at radius 1 is 1.35 bits per heavy atom. The molecule has 2 rings (SSSR count). The molecule has 0 radical (unpaired) electrons. The Balaban J connectivity index is 2.08. The van der Waals surface area contributed by atoms with Gasteiger partial charge in [0.05, 0.1) is 24.7 Å². The molecule has 1 aliphatic rings. The van der Waals surface area contributed by atoms with Crippen LogP contribution in [0.3, 0.4) is 0 Å². The molecule has 0 amide bonds. The minimum Gasteiger partial charge on any atom is -0.396 e. The maximum atomic E-state index is 9.06. The Labute approximate surface area is 101 Å². The van der Waals surface area contributed by atoms with Crippen LogP contribution in [0.1, 0.15) is 31.4 Å². The average molecular weight is 237 g/mol. The first-order valence-electron chi connectivity index (χ1n) is 6.14. The zero-order valence-electron chi connectivity index (χ0n) is 9.92. The van der Waals surface area contributed by atoms with E-state index in [4.69, 9.17) is 10.2 Å². The van der Waals surface area contributed by atoms with Crippen molar-refractivity contribution in [3.63, 3.8) is 0 Å². The summed E-state index contributed by atoms with van der Waals surface area (Å²) >= 11 is 0. The van der Waals surface area contributed by atoms with Crippen LogP contribution in [0.25, 0.3) is 0 Å². The molecule has 1 fully saturated rings. The maximum Gasteiger partial charge on any atom is 0.147 e. The molecule has 1 saturated heterocycles. The second kappa shape index (κ2) is 5.93. The molecule has 2 heterocycles. The van der Waals surface area contributed by atoms with Crippen LogP contribution in [0.5, 0.6) is 0 Å². The summed E-state index contributed by atoms with van der Waals surface area (Å²) in [5.74, 6) is 0.844. The Kier molecular flexibility index (Phi) is 4.28. The highest BCUT2D eigenvalue weighted by Crippen LogP contribution is 2.26. The van der Waals surface area contributed by atoms with Crippen molar-refractivity contribution >= 4 is 5.82 Å². The van der Waals surface area contributed by atoms with Crippen molar-refractivity contribution in [2.24, 2.45) is 0 Å². The molecule has 1 atom stereocenters. The number of hydrogen-bond acceptors (Lipinski definition) is 5. The number of nitrogens with zero attached hydrogens (tertiary/aromatic N) is 3. The quantitative estimate of drug-likeness (QED) is 0.789. The maximum absolute atomic E-state index is 9.06. The number of anilines is 1. The molecule has 17 heavy (non-hydrogen) atoms. The highest BCUT2D eigenvalue weighted by molar-refractivity contribution is 5.39. The Bertz CT molecular complexity index is 359. The smallest absolute Gasteiger partial charge is 0.147 e. The Hall–Kier alpha value is -1.20. The lowest BCUT2D eigenvalue weighted by atomic mass is 10.1. The molecule has 94 valence electrons. The third-order valence-electron chi connectivity index (χ3n) is 3.20. The molecule has 1 aliphatic heterocycles. The molecule has 0 aliphatic carbocycles. The van der Waals surface area contributed by atoms with Gasteiger partial charge in [0.15, 0.2) is 0 Å². The molecular weight excluding hydrogens is 218 g/mol. The molecule has 5 nitrogen and oxygen atoms in total. The Morgan fingerprint density at radius 3 is 3.00 bits per heavy atom. The summed E-state index contributed by atoms with van der Waals surface area (Å²) in [5, 5.41) is 17.9. The van der Waals surface area contributed by atoms with E-state index in [1.54, 1.807) is 12.4 Å². The summed E-state index contributed by atoms with van der Waals surface area (Å²) < 4.78 is 0. The summed E-state index contributed by atoms with van der Waals surface area (Å²) in [7, 11) is 0. The zero-order valence-corrected chi connectivity index (χ0v) is 9.92. The average Bonchev–Trinajstić information content (AvgIpc) is 2.84. The van der Waals surface area contributed by atoms with Crippen molar-refractivity contribution in [2.75, 3.05) is 18.1 Å². The van der Waals surface area contributed by atoms with Gasteiger partial charge in [-0.05, 0) is 25.7 Å². The Morgan fingerprint density at radius 2 is 2.24 bits per heavy atom. The second-order valence-corrected chi connectivity index (χ2v) is 4.38. The molecule has 2 N–H and O–H groups in total. The van der Waals surface area contributed by atoms with E-state index in [0.717, 1.165) is 38.0 Å². The molecule has 1 unspecified atom stereocenters. The van der Waals surface area contributed by atoms with Gasteiger partial charge >= 0.3 is 0 Å². The predicted molar refractivity (Wildman–Crippen MR) is 64.6 cm³/mol. The topological polar surface area (TPSA) is 69.5 Å². The van der Waals surface area contributed by atoms with Crippen molar-refractivity contribution in [3.05, 3.63) is 18.1 Å². The van der Waals surface area contributed by atoms with E-state index in [9.17, 15) is 0 Å². The van der Waals surface area contributed by atoms with Gasteiger partial charge in [0.25, 0.3) is 0 Å². The van der Waals surface area contributed by atoms with E-state index in [2.05, 4.69) is 14.9 Å². The summed E-state index contributed by atoms with van der Waals surface area (Å²) in [6.07, 6.45) is 7.45. The zero-order chi connectivity index (χ0) is 12.1. The number of rotatable bonds is 5. The van der Waals surface area contributed by atoms with Gasteiger partial charge in [0, 0.05) is 19.2 Å². The van der Waals surface area contributed by atoms with E-state index in [1.807, 2.05) is 0 Å². The predicted octanol–water partition coefficient (Wildman–Crippen LogP) is 0.710.